The number of carbonyl (C=O) groups is 2. The standard InChI is InChI=1S/C13H17BrN2O3/c1-15-8-12(17)16-11(7-13(18)19-2)9-3-5-10(14)6-4-9/h3-6,11,15H,7-8H2,1-2H3,(H,16,17)/t11-/m0/s1. The summed E-state index contributed by atoms with van der Waals surface area (Å²) in [6.07, 6.45) is 0.105. The second kappa shape index (κ2) is 7.91. The van der Waals surface area contributed by atoms with Crippen LogP contribution in [0.1, 0.15) is 18.0 Å². The molecule has 1 atom stereocenters. The average Bonchev–Trinajstić information content (AvgIpc) is 2.39. The topological polar surface area (TPSA) is 67.4 Å². The van der Waals surface area contributed by atoms with Crippen LogP contribution < -0.4 is 10.6 Å². The van der Waals surface area contributed by atoms with E-state index in [1.54, 1.807) is 7.05 Å². The largest absolute Gasteiger partial charge is 0.469 e. The highest BCUT2D eigenvalue weighted by molar-refractivity contribution is 9.10. The Labute approximate surface area is 120 Å². The molecule has 0 fully saturated rings. The molecule has 0 saturated heterocycles. The van der Waals surface area contributed by atoms with Crippen molar-refractivity contribution in [3.8, 4) is 0 Å². The fourth-order valence-corrected chi connectivity index (χ4v) is 1.87. The zero-order valence-electron chi connectivity index (χ0n) is 10.9. The van der Waals surface area contributed by atoms with Crippen molar-refractivity contribution in [1.29, 1.82) is 0 Å². The third-order valence-corrected chi connectivity index (χ3v) is 3.07. The van der Waals surface area contributed by atoms with Crippen LogP contribution in [-0.2, 0) is 14.3 Å². The van der Waals surface area contributed by atoms with Gasteiger partial charge in [0.2, 0.25) is 5.91 Å². The second-order valence-electron chi connectivity index (χ2n) is 3.98. The minimum Gasteiger partial charge on any atom is -0.469 e. The summed E-state index contributed by atoms with van der Waals surface area (Å²) in [6, 6.07) is 7.06. The molecule has 0 aliphatic heterocycles. The van der Waals surface area contributed by atoms with Crippen LogP contribution >= 0.6 is 15.9 Å². The van der Waals surface area contributed by atoms with Gasteiger partial charge in [-0.15, -0.1) is 0 Å². The van der Waals surface area contributed by atoms with Crippen molar-refractivity contribution < 1.29 is 14.3 Å². The summed E-state index contributed by atoms with van der Waals surface area (Å²) in [6.45, 7) is 0.203. The highest BCUT2D eigenvalue weighted by atomic mass is 79.9. The van der Waals surface area contributed by atoms with E-state index in [4.69, 9.17) is 0 Å². The van der Waals surface area contributed by atoms with E-state index < -0.39 is 0 Å². The van der Waals surface area contributed by atoms with E-state index in [2.05, 4.69) is 31.3 Å². The summed E-state index contributed by atoms with van der Waals surface area (Å²) < 4.78 is 5.59. The molecule has 0 spiro atoms. The number of carbonyl (C=O) groups excluding carboxylic acids is 2. The third kappa shape index (κ3) is 5.40. The number of rotatable bonds is 6. The van der Waals surface area contributed by atoms with E-state index in [0.29, 0.717) is 0 Å². The number of ether oxygens (including phenoxy) is 1. The number of hydrogen-bond donors (Lipinski definition) is 2. The van der Waals surface area contributed by atoms with Crippen molar-refractivity contribution in [2.24, 2.45) is 0 Å². The van der Waals surface area contributed by atoms with Gasteiger partial charge in [0, 0.05) is 4.47 Å². The zero-order valence-corrected chi connectivity index (χ0v) is 12.5. The van der Waals surface area contributed by atoms with Gasteiger partial charge in [-0.2, -0.15) is 0 Å². The van der Waals surface area contributed by atoms with E-state index in [1.807, 2.05) is 24.3 Å². The lowest BCUT2D eigenvalue weighted by Gasteiger charge is -2.18. The molecule has 5 nitrogen and oxygen atoms in total. The van der Waals surface area contributed by atoms with E-state index >= 15 is 0 Å². The number of nitrogens with one attached hydrogen (secondary N) is 2. The van der Waals surface area contributed by atoms with E-state index in [-0.39, 0.29) is 30.9 Å². The first-order valence-corrected chi connectivity index (χ1v) is 6.62. The Morgan fingerprint density at radius 3 is 2.47 bits per heavy atom. The van der Waals surface area contributed by atoms with Gasteiger partial charge in [0.1, 0.15) is 0 Å². The molecule has 2 N–H and O–H groups in total. The maximum atomic E-state index is 11.6. The number of methoxy groups -OCH3 is 1. The Kier molecular flexibility index (Phi) is 6.52. The lowest BCUT2D eigenvalue weighted by molar-refractivity contribution is -0.141. The highest BCUT2D eigenvalue weighted by Gasteiger charge is 2.18. The molecule has 0 aromatic heterocycles. The molecule has 0 bridgehead atoms. The summed E-state index contributed by atoms with van der Waals surface area (Å²) in [4.78, 5) is 23.0. The van der Waals surface area contributed by atoms with Crippen LogP contribution in [0.3, 0.4) is 0 Å². The van der Waals surface area contributed by atoms with Gasteiger partial charge in [-0.05, 0) is 24.7 Å². The van der Waals surface area contributed by atoms with Gasteiger partial charge in [0.25, 0.3) is 0 Å². The van der Waals surface area contributed by atoms with E-state index in [0.717, 1.165) is 10.0 Å². The average molecular weight is 329 g/mol. The van der Waals surface area contributed by atoms with Gasteiger partial charge < -0.3 is 15.4 Å². The molecule has 0 saturated carbocycles. The Bertz CT molecular complexity index is 434. The molecule has 104 valence electrons. The molecule has 1 aromatic rings. The van der Waals surface area contributed by atoms with Crippen LogP contribution in [0.4, 0.5) is 0 Å². The van der Waals surface area contributed by atoms with Gasteiger partial charge in [0.15, 0.2) is 0 Å². The molecule has 0 aliphatic carbocycles. The predicted molar refractivity (Wildman–Crippen MR) is 75.6 cm³/mol. The first kappa shape index (κ1) is 15.7. The SMILES string of the molecule is CNCC(=O)N[C@@H](CC(=O)OC)c1ccc(Br)cc1. The van der Waals surface area contributed by atoms with Crippen LogP contribution in [0.15, 0.2) is 28.7 Å². The monoisotopic (exact) mass is 328 g/mol. The molecule has 0 heterocycles. The van der Waals surface area contributed by atoms with Crippen LogP contribution in [0, 0.1) is 0 Å². The molecule has 0 radical (unpaired) electrons. The van der Waals surface area contributed by atoms with Gasteiger partial charge in [-0.1, -0.05) is 28.1 Å². The Hall–Kier alpha value is -1.40. The fourth-order valence-electron chi connectivity index (χ4n) is 1.60. The minimum absolute atomic E-state index is 0.105. The fraction of sp³-hybridized carbons (Fsp3) is 0.385. The molecular weight excluding hydrogens is 312 g/mol. The summed E-state index contributed by atoms with van der Waals surface area (Å²) in [5.74, 6) is -0.531. The van der Waals surface area contributed by atoms with E-state index in [1.165, 1.54) is 7.11 Å². The van der Waals surface area contributed by atoms with Gasteiger partial charge in [0.05, 0.1) is 26.1 Å². The lowest BCUT2D eigenvalue weighted by Crippen LogP contribution is -2.36. The van der Waals surface area contributed by atoms with Crippen molar-refractivity contribution in [1.82, 2.24) is 10.6 Å². The lowest BCUT2D eigenvalue weighted by atomic mass is 10.0. The molecule has 0 unspecified atom stereocenters. The second-order valence-corrected chi connectivity index (χ2v) is 4.90. The Balaban J connectivity index is 2.82. The molecular formula is C13H17BrN2O3. The molecule has 1 rings (SSSR count). The number of hydrogen-bond acceptors (Lipinski definition) is 4. The summed E-state index contributed by atoms with van der Waals surface area (Å²) in [7, 11) is 3.02. The van der Waals surface area contributed by atoms with E-state index in [9.17, 15) is 9.59 Å². The van der Waals surface area contributed by atoms with Gasteiger partial charge >= 0.3 is 5.97 Å². The maximum absolute atomic E-state index is 11.6. The maximum Gasteiger partial charge on any atom is 0.307 e. The predicted octanol–water partition coefficient (Wildman–Crippen LogP) is 1.39. The first-order chi connectivity index (χ1) is 9.06. The number of benzene rings is 1. The highest BCUT2D eigenvalue weighted by Crippen LogP contribution is 2.20. The smallest absolute Gasteiger partial charge is 0.307 e. The summed E-state index contributed by atoms with van der Waals surface area (Å²) in [5, 5.41) is 5.57. The van der Waals surface area contributed by atoms with Crippen LogP contribution in [0.5, 0.6) is 0 Å². The van der Waals surface area contributed by atoms with Crippen molar-refractivity contribution >= 4 is 27.8 Å². The Morgan fingerprint density at radius 2 is 1.95 bits per heavy atom. The summed E-state index contributed by atoms with van der Waals surface area (Å²) >= 11 is 3.35. The number of amides is 1. The van der Waals surface area contributed by atoms with Crippen molar-refractivity contribution in [3.05, 3.63) is 34.3 Å². The molecule has 19 heavy (non-hydrogen) atoms. The van der Waals surface area contributed by atoms with Crippen LogP contribution in [0.25, 0.3) is 0 Å². The number of likely N-dealkylation sites (N-methyl/N-ethyl adjacent to an activating group) is 1. The normalized spacial score (nSPS) is 11.7. The quantitative estimate of drug-likeness (QED) is 0.774. The summed E-state index contributed by atoms with van der Waals surface area (Å²) in [5.41, 5.74) is 0.859. The molecule has 0 aliphatic rings. The molecule has 6 heteroatoms. The Morgan fingerprint density at radius 1 is 1.32 bits per heavy atom. The third-order valence-electron chi connectivity index (χ3n) is 2.54. The zero-order chi connectivity index (χ0) is 14.3. The van der Waals surface area contributed by atoms with Crippen molar-refractivity contribution in [3.63, 3.8) is 0 Å². The van der Waals surface area contributed by atoms with Gasteiger partial charge in [-0.25, -0.2) is 0 Å². The van der Waals surface area contributed by atoms with Crippen molar-refractivity contribution in [2.75, 3.05) is 20.7 Å². The minimum atomic E-state index is -0.388. The molecule has 1 amide bonds. The van der Waals surface area contributed by atoms with Crippen LogP contribution in [0.2, 0.25) is 0 Å². The number of halogens is 1. The van der Waals surface area contributed by atoms with Gasteiger partial charge in [-0.3, -0.25) is 9.59 Å². The first-order valence-electron chi connectivity index (χ1n) is 5.83. The molecule has 1 aromatic carbocycles. The number of esters is 1. The van der Waals surface area contributed by atoms with Crippen LogP contribution in [-0.4, -0.2) is 32.6 Å². The van der Waals surface area contributed by atoms with Crippen molar-refractivity contribution in [2.45, 2.75) is 12.5 Å².